The number of nitrogens with two attached hydrogens (primary N) is 1. The van der Waals surface area contributed by atoms with Crippen LogP contribution in [0.25, 0.3) is 0 Å². The Balaban J connectivity index is 1.88. The summed E-state index contributed by atoms with van der Waals surface area (Å²) < 4.78 is 0. The number of amides is 3. The molecule has 2 rings (SSSR count). The number of nitrogen functional groups attached to an aromatic ring is 1. The zero-order valence-electron chi connectivity index (χ0n) is 13.1. The van der Waals surface area contributed by atoms with Crippen molar-refractivity contribution in [1.82, 2.24) is 10.6 Å². The molecule has 0 unspecified atom stereocenters. The highest BCUT2D eigenvalue weighted by molar-refractivity contribution is 7.14. The van der Waals surface area contributed by atoms with Gasteiger partial charge in [-0.05, 0) is 24.3 Å². The molecule has 0 atom stereocenters. The highest BCUT2D eigenvalue weighted by atomic mass is 32.1. The average molecular weight is 346 g/mol. The molecule has 1 heterocycles. The second-order valence-corrected chi connectivity index (χ2v) is 6.16. The zero-order chi connectivity index (χ0) is 17.5. The van der Waals surface area contributed by atoms with Crippen molar-refractivity contribution in [1.29, 1.82) is 0 Å². The number of carbonyl (C=O) groups is 3. The zero-order valence-corrected chi connectivity index (χ0v) is 13.9. The Bertz CT molecular complexity index is 757. The maximum absolute atomic E-state index is 12.2. The first-order chi connectivity index (χ1) is 11.5. The van der Waals surface area contributed by atoms with Crippen molar-refractivity contribution >= 4 is 40.4 Å². The van der Waals surface area contributed by atoms with E-state index in [0.29, 0.717) is 22.8 Å². The summed E-state index contributed by atoms with van der Waals surface area (Å²) in [6.45, 7) is 1.57. The van der Waals surface area contributed by atoms with Gasteiger partial charge in [-0.25, -0.2) is 0 Å². The number of para-hydroxylation sites is 2. The molecule has 0 aliphatic carbocycles. The van der Waals surface area contributed by atoms with Crippen molar-refractivity contribution in [3.8, 4) is 0 Å². The van der Waals surface area contributed by atoms with Gasteiger partial charge in [-0.1, -0.05) is 12.1 Å². The van der Waals surface area contributed by atoms with Gasteiger partial charge < -0.3 is 21.7 Å². The normalized spacial score (nSPS) is 10.0. The van der Waals surface area contributed by atoms with Gasteiger partial charge in [0.2, 0.25) is 11.8 Å². The van der Waals surface area contributed by atoms with Crippen LogP contribution in [0.4, 0.5) is 11.4 Å². The van der Waals surface area contributed by atoms with Gasteiger partial charge in [0.05, 0.1) is 29.3 Å². The van der Waals surface area contributed by atoms with Gasteiger partial charge in [0.1, 0.15) is 0 Å². The van der Waals surface area contributed by atoms with Crippen LogP contribution >= 0.6 is 11.3 Å². The molecular formula is C16H18N4O3S. The third-order valence-corrected chi connectivity index (χ3v) is 4.14. The Kier molecular flexibility index (Phi) is 5.91. The van der Waals surface area contributed by atoms with E-state index in [1.54, 1.807) is 36.4 Å². The highest BCUT2D eigenvalue weighted by Gasteiger charge is 2.11. The van der Waals surface area contributed by atoms with Gasteiger partial charge in [0.25, 0.3) is 5.91 Å². The van der Waals surface area contributed by atoms with Crippen molar-refractivity contribution in [2.75, 3.05) is 17.6 Å². The van der Waals surface area contributed by atoms with Crippen LogP contribution in [0.2, 0.25) is 0 Å². The van der Waals surface area contributed by atoms with Crippen LogP contribution in [0.3, 0.4) is 0 Å². The second kappa shape index (κ2) is 8.11. The van der Waals surface area contributed by atoms with Crippen LogP contribution in [0.5, 0.6) is 0 Å². The van der Waals surface area contributed by atoms with Gasteiger partial charge in [-0.2, -0.15) is 0 Å². The molecule has 0 saturated carbocycles. The molecule has 8 heteroatoms. The molecule has 5 N–H and O–H groups in total. The van der Waals surface area contributed by atoms with E-state index in [4.69, 9.17) is 5.73 Å². The molecule has 1 aromatic heterocycles. The monoisotopic (exact) mass is 346 g/mol. The number of nitrogens with one attached hydrogen (secondary N) is 3. The lowest BCUT2D eigenvalue weighted by molar-refractivity contribution is -0.125. The Morgan fingerprint density at radius 2 is 1.83 bits per heavy atom. The smallest absolute Gasteiger partial charge is 0.265 e. The van der Waals surface area contributed by atoms with Crippen LogP contribution in [-0.4, -0.2) is 24.3 Å². The quantitative estimate of drug-likeness (QED) is 0.591. The van der Waals surface area contributed by atoms with Gasteiger partial charge in [0.15, 0.2) is 0 Å². The Hall–Kier alpha value is -2.87. The average Bonchev–Trinajstić information content (AvgIpc) is 3.02. The fourth-order valence-electron chi connectivity index (χ4n) is 1.84. The molecule has 2 aromatic rings. The molecule has 0 spiro atoms. The number of benzene rings is 1. The molecule has 0 radical (unpaired) electrons. The largest absolute Gasteiger partial charge is 0.397 e. The first-order valence-corrected chi connectivity index (χ1v) is 8.03. The summed E-state index contributed by atoms with van der Waals surface area (Å²) in [6, 6.07) is 10.5. The van der Waals surface area contributed by atoms with Crippen LogP contribution in [0, 0.1) is 0 Å². The summed E-state index contributed by atoms with van der Waals surface area (Å²) in [4.78, 5) is 35.8. The van der Waals surface area contributed by atoms with Crippen molar-refractivity contribution in [3.05, 3.63) is 46.2 Å². The Labute approximate surface area is 143 Å². The number of hydrogen-bond acceptors (Lipinski definition) is 5. The molecular weight excluding hydrogens is 328 g/mol. The maximum Gasteiger partial charge on any atom is 0.265 e. The van der Waals surface area contributed by atoms with Crippen molar-refractivity contribution in [2.24, 2.45) is 0 Å². The predicted molar refractivity (Wildman–Crippen MR) is 93.7 cm³/mol. The van der Waals surface area contributed by atoms with Gasteiger partial charge in [-0.3, -0.25) is 14.4 Å². The topological polar surface area (TPSA) is 113 Å². The minimum absolute atomic E-state index is 0.0681. The van der Waals surface area contributed by atoms with E-state index < -0.39 is 0 Å². The third-order valence-electron chi connectivity index (χ3n) is 3.05. The number of rotatable bonds is 6. The first-order valence-electron chi connectivity index (χ1n) is 7.21. The lowest BCUT2D eigenvalue weighted by Gasteiger charge is -2.06. The van der Waals surface area contributed by atoms with E-state index in [9.17, 15) is 14.4 Å². The standard InChI is InChI=1S/C16H18N4O3S/c1-10(21)18-9-15(22)19-8-11-6-7-14(24-11)16(23)20-13-5-3-2-4-12(13)17/h2-7H,8-9,17H2,1H3,(H,18,21)(H,19,22)(H,20,23). The van der Waals surface area contributed by atoms with Gasteiger partial charge in [0, 0.05) is 11.8 Å². The molecule has 24 heavy (non-hydrogen) atoms. The summed E-state index contributed by atoms with van der Waals surface area (Å²) in [6.07, 6.45) is 0. The van der Waals surface area contributed by atoms with E-state index in [1.165, 1.54) is 18.3 Å². The maximum atomic E-state index is 12.2. The molecule has 7 nitrogen and oxygen atoms in total. The predicted octanol–water partition coefficient (Wildman–Crippen LogP) is 1.33. The van der Waals surface area contributed by atoms with Crippen LogP contribution in [0.15, 0.2) is 36.4 Å². The molecule has 1 aromatic carbocycles. The number of thiophene rings is 1. The number of carbonyl (C=O) groups excluding carboxylic acids is 3. The van der Waals surface area contributed by atoms with Gasteiger partial charge >= 0.3 is 0 Å². The van der Waals surface area contributed by atoms with Crippen LogP contribution < -0.4 is 21.7 Å². The lowest BCUT2D eigenvalue weighted by atomic mass is 10.2. The Morgan fingerprint density at radius 3 is 2.54 bits per heavy atom. The van der Waals surface area contributed by atoms with E-state index in [0.717, 1.165) is 4.88 Å². The number of hydrogen-bond donors (Lipinski definition) is 4. The molecule has 126 valence electrons. The Morgan fingerprint density at radius 1 is 1.08 bits per heavy atom. The molecule has 3 amide bonds. The summed E-state index contributed by atoms with van der Waals surface area (Å²) in [7, 11) is 0. The van der Waals surface area contributed by atoms with E-state index >= 15 is 0 Å². The molecule has 0 saturated heterocycles. The van der Waals surface area contributed by atoms with Crippen molar-refractivity contribution < 1.29 is 14.4 Å². The van der Waals surface area contributed by atoms with E-state index in [-0.39, 0.29) is 24.3 Å². The molecule has 0 fully saturated rings. The molecule has 0 bridgehead atoms. The van der Waals surface area contributed by atoms with E-state index in [2.05, 4.69) is 16.0 Å². The SMILES string of the molecule is CC(=O)NCC(=O)NCc1ccc(C(=O)Nc2ccccc2N)s1. The summed E-state index contributed by atoms with van der Waals surface area (Å²) in [5.74, 6) is -0.809. The summed E-state index contributed by atoms with van der Waals surface area (Å²) in [5, 5.41) is 7.83. The number of anilines is 2. The molecule has 0 aliphatic heterocycles. The van der Waals surface area contributed by atoms with Crippen molar-refractivity contribution in [2.45, 2.75) is 13.5 Å². The lowest BCUT2D eigenvalue weighted by Crippen LogP contribution is -2.35. The van der Waals surface area contributed by atoms with Gasteiger partial charge in [-0.15, -0.1) is 11.3 Å². The molecule has 0 aliphatic rings. The van der Waals surface area contributed by atoms with Crippen LogP contribution in [0.1, 0.15) is 21.5 Å². The summed E-state index contributed by atoms with van der Waals surface area (Å²) in [5.41, 5.74) is 6.84. The minimum Gasteiger partial charge on any atom is -0.397 e. The minimum atomic E-state index is -0.290. The fraction of sp³-hybridized carbons (Fsp3) is 0.188. The second-order valence-electron chi connectivity index (χ2n) is 4.99. The third kappa shape index (κ3) is 5.10. The first kappa shape index (κ1) is 17.5. The van der Waals surface area contributed by atoms with Crippen LogP contribution in [-0.2, 0) is 16.1 Å². The summed E-state index contributed by atoms with van der Waals surface area (Å²) >= 11 is 1.28. The van der Waals surface area contributed by atoms with E-state index in [1.807, 2.05) is 0 Å². The van der Waals surface area contributed by atoms with Crippen molar-refractivity contribution in [3.63, 3.8) is 0 Å². The highest BCUT2D eigenvalue weighted by Crippen LogP contribution is 2.21. The fourth-order valence-corrected chi connectivity index (χ4v) is 2.69.